The van der Waals surface area contributed by atoms with Gasteiger partial charge in [0.1, 0.15) is 17.3 Å². The first-order valence-electron chi connectivity index (χ1n) is 17.7. The van der Waals surface area contributed by atoms with Gasteiger partial charge in [-0.05, 0) is 124 Å². The number of rotatable bonds is 16. The molecule has 5 aromatic rings. The third-order valence-corrected chi connectivity index (χ3v) is 9.67. The van der Waals surface area contributed by atoms with Crippen LogP contribution in [-0.2, 0) is 13.0 Å². The van der Waals surface area contributed by atoms with Crippen LogP contribution in [0.3, 0.4) is 0 Å². The molecule has 1 aliphatic rings. The van der Waals surface area contributed by atoms with Crippen molar-refractivity contribution >= 4 is 11.6 Å². The summed E-state index contributed by atoms with van der Waals surface area (Å²) < 4.78 is 14.5. The van der Waals surface area contributed by atoms with Gasteiger partial charge in [-0.2, -0.15) is 0 Å². The summed E-state index contributed by atoms with van der Waals surface area (Å²) in [4.78, 5) is 14.8. The van der Waals surface area contributed by atoms with E-state index in [1.165, 1.54) is 5.56 Å². The minimum absolute atomic E-state index is 0.361. The lowest BCUT2D eigenvalue weighted by atomic mass is 9.95. The summed E-state index contributed by atoms with van der Waals surface area (Å²) >= 11 is 6.03. The summed E-state index contributed by atoms with van der Waals surface area (Å²) in [7, 11) is 0. The van der Waals surface area contributed by atoms with Crippen molar-refractivity contribution in [3.05, 3.63) is 125 Å². The first-order chi connectivity index (χ1) is 24.1. The Morgan fingerprint density at radius 1 is 0.816 bits per heavy atom. The third-order valence-electron chi connectivity index (χ3n) is 9.42. The molecule has 7 nitrogen and oxygen atoms in total. The van der Waals surface area contributed by atoms with Crippen LogP contribution in [0.2, 0.25) is 5.02 Å². The van der Waals surface area contributed by atoms with E-state index in [1.54, 1.807) is 0 Å². The third kappa shape index (κ3) is 9.72. The van der Waals surface area contributed by atoms with Gasteiger partial charge in [0, 0.05) is 54.1 Å². The van der Waals surface area contributed by atoms with Gasteiger partial charge in [-0.15, -0.1) is 0 Å². The lowest BCUT2D eigenvalue weighted by Gasteiger charge is -2.31. The van der Waals surface area contributed by atoms with E-state index < -0.39 is 0 Å². The van der Waals surface area contributed by atoms with E-state index in [9.17, 15) is 0 Å². The highest BCUT2D eigenvalue weighted by Gasteiger charge is 2.26. The van der Waals surface area contributed by atoms with Crippen LogP contribution in [0.1, 0.15) is 56.1 Å². The number of benzene rings is 3. The minimum Gasteiger partial charge on any atom is -0.494 e. The van der Waals surface area contributed by atoms with Gasteiger partial charge in [0.25, 0.3) is 0 Å². The highest BCUT2D eigenvalue weighted by atomic mass is 35.5. The Kier molecular flexibility index (Phi) is 12.4. The summed E-state index contributed by atoms with van der Waals surface area (Å²) in [6, 6.07) is 30.9. The van der Waals surface area contributed by atoms with Gasteiger partial charge in [0.05, 0.1) is 24.6 Å². The Bertz CT molecular complexity index is 1700. The van der Waals surface area contributed by atoms with Crippen molar-refractivity contribution < 1.29 is 9.47 Å². The van der Waals surface area contributed by atoms with Crippen LogP contribution in [0, 0.1) is 0 Å². The maximum atomic E-state index is 6.11. The van der Waals surface area contributed by atoms with Gasteiger partial charge in [-0.25, -0.2) is 4.98 Å². The number of piperidine rings is 1. The second-order valence-corrected chi connectivity index (χ2v) is 13.1. The number of ether oxygens (including phenoxy) is 2. The van der Waals surface area contributed by atoms with Crippen LogP contribution in [0.4, 0.5) is 0 Å². The van der Waals surface area contributed by atoms with E-state index in [0.29, 0.717) is 19.1 Å². The largest absolute Gasteiger partial charge is 0.494 e. The Morgan fingerprint density at radius 3 is 2.18 bits per heavy atom. The molecule has 0 saturated carbocycles. The molecule has 0 bridgehead atoms. The number of nitrogens with zero attached hydrogens (tertiary/aromatic N) is 5. The van der Waals surface area contributed by atoms with Crippen LogP contribution in [0.15, 0.2) is 103 Å². The zero-order chi connectivity index (χ0) is 33.8. The first-order valence-corrected chi connectivity index (χ1v) is 18.1. The molecule has 0 radical (unpaired) electrons. The van der Waals surface area contributed by atoms with E-state index in [4.69, 9.17) is 26.1 Å². The molecular weight excluding hydrogens is 630 g/mol. The lowest BCUT2D eigenvalue weighted by molar-refractivity contribution is 0.199. The van der Waals surface area contributed by atoms with Crippen molar-refractivity contribution in [1.29, 1.82) is 0 Å². The van der Waals surface area contributed by atoms with Crippen molar-refractivity contribution in [2.75, 3.05) is 45.9 Å². The predicted octanol–water partition coefficient (Wildman–Crippen LogP) is 8.70. The Hall–Kier alpha value is -4.17. The van der Waals surface area contributed by atoms with Gasteiger partial charge in [0.15, 0.2) is 0 Å². The number of aromatic nitrogens is 3. The zero-order valence-electron chi connectivity index (χ0n) is 28.8. The number of pyridine rings is 1. The predicted molar refractivity (Wildman–Crippen MR) is 199 cm³/mol. The van der Waals surface area contributed by atoms with Crippen LogP contribution in [0.5, 0.6) is 11.5 Å². The fourth-order valence-electron chi connectivity index (χ4n) is 6.48. The molecule has 0 aliphatic carbocycles. The molecule has 0 N–H and O–H groups in total. The van der Waals surface area contributed by atoms with Crippen LogP contribution >= 0.6 is 11.6 Å². The highest BCUT2D eigenvalue weighted by Crippen LogP contribution is 2.33. The van der Waals surface area contributed by atoms with E-state index in [1.807, 2.05) is 48.7 Å². The van der Waals surface area contributed by atoms with Crippen molar-refractivity contribution in [3.8, 4) is 28.4 Å². The van der Waals surface area contributed by atoms with Crippen molar-refractivity contribution in [3.63, 3.8) is 0 Å². The Labute approximate surface area is 296 Å². The number of hydrogen-bond donors (Lipinski definition) is 0. The average Bonchev–Trinajstić information content (AvgIpc) is 3.59. The van der Waals surface area contributed by atoms with Crippen molar-refractivity contribution in [2.24, 2.45) is 0 Å². The second-order valence-electron chi connectivity index (χ2n) is 12.7. The van der Waals surface area contributed by atoms with Crippen LogP contribution in [0.25, 0.3) is 16.9 Å². The van der Waals surface area contributed by atoms with Gasteiger partial charge in [-0.1, -0.05) is 43.6 Å². The lowest BCUT2D eigenvalue weighted by Crippen LogP contribution is -2.33. The molecule has 3 aromatic carbocycles. The van der Waals surface area contributed by atoms with Crippen molar-refractivity contribution in [1.82, 2.24) is 24.3 Å². The summed E-state index contributed by atoms with van der Waals surface area (Å²) in [5.41, 5.74) is 5.47. The second kappa shape index (κ2) is 17.5. The van der Waals surface area contributed by atoms with E-state index in [-0.39, 0.29) is 0 Å². The number of likely N-dealkylation sites (tertiary alicyclic amines) is 1. The normalized spacial score (nSPS) is 14.0. The molecule has 0 atom stereocenters. The average molecular weight is 678 g/mol. The molecule has 0 unspecified atom stereocenters. The Morgan fingerprint density at radius 2 is 1.51 bits per heavy atom. The molecule has 2 aromatic heterocycles. The highest BCUT2D eigenvalue weighted by molar-refractivity contribution is 6.30. The summed E-state index contributed by atoms with van der Waals surface area (Å²) in [6.07, 6.45) is 8.01. The maximum absolute atomic E-state index is 6.11. The first kappa shape index (κ1) is 34.7. The fourth-order valence-corrected chi connectivity index (χ4v) is 6.61. The Balaban J connectivity index is 1.14. The van der Waals surface area contributed by atoms with E-state index >= 15 is 0 Å². The summed E-state index contributed by atoms with van der Waals surface area (Å²) in [5.74, 6) is 3.23. The molecule has 1 aliphatic heterocycles. The maximum Gasteiger partial charge on any atom is 0.119 e. The van der Waals surface area contributed by atoms with Crippen LogP contribution in [-0.4, -0.2) is 70.3 Å². The number of imidazole rings is 1. The van der Waals surface area contributed by atoms with E-state index in [2.05, 4.69) is 87.9 Å². The standard InChI is InChI=1S/C41H48ClN5O2/c1-3-45(4-2)25-7-28-48-39-19-15-37(16-20-39)47-31-40(33-11-17-38(18-12-33)49-29-23-32-9-13-35(42)14-10-32)44-41(47)34-21-26-46(27-22-34)30-36-8-5-6-24-43-36/h5-6,8-20,24,31,34H,3-4,7,21-23,25-30H2,1-2H3. The molecule has 0 spiro atoms. The SMILES string of the molecule is CCN(CC)CCCOc1ccc(-n2cc(-c3ccc(OCCc4ccc(Cl)cc4)cc3)nc2C2CCN(Cc3ccccn3)CC2)cc1. The summed E-state index contributed by atoms with van der Waals surface area (Å²) in [6.45, 7) is 11.9. The molecule has 49 heavy (non-hydrogen) atoms. The van der Waals surface area contributed by atoms with E-state index in [0.717, 1.165) is 110 Å². The van der Waals surface area contributed by atoms with Crippen molar-refractivity contribution in [2.45, 2.75) is 52.0 Å². The number of halogens is 1. The molecule has 8 heteroatoms. The molecule has 3 heterocycles. The minimum atomic E-state index is 0.361. The summed E-state index contributed by atoms with van der Waals surface area (Å²) in [5, 5.41) is 0.750. The van der Waals surface area contributed by atoms with Crippen LogP contribution < -0.4 is 9.47 Å². The zero-order valence-corrected chi connectivity index (χ0v) is 29.6. The fraction of sp³-hybridized carbons (Fsp3) is 0.366. The molecular formula is C41H48ClN5O2. The van der Waals surface area contributed by atoms with Gasteiger partial charge in [0.2, 0.25) is 0 Å². The van der Waals surface area contributed by atoms with Gasteiger partial charge >= 0.3 is 0 Å². The quantitative estimate of drug-likeness (QED) is 0.0975. The molecule has 1 saturated heterocycles. The van der Waals surface area contributed by atoms with Gasteiger partial charge < -0.3 is 18.9 Å². The van der Waals surface area contributed by atoms with Gasteiger partial charge in [-0.3, -0.25) is 9.88 Å². The number of hydrogen-bond acceptors (Lipinski definition) is 6. The topological polar surface area (TPSA) is 55.6 Å². The molecule has 0 amide bonds. The molecule has 256 valence electrons. The monoisotopic (exact) mass is 677 g/mol. The smallest absolute Gasteiger partial charge is 0.119 e. The molecule has 6 rings (SSSR count). The molecule has 1 fully saturated rings.